The lowest BCUT2D eigenvalue weighted by Gasteiger charge is -2.31. The molecule has 0 radical (unpaired) electrons. The summed E-state index contributed by atoms with van der Waals surface area (Å²) in [6.45, 7) is 3.79. The van der Waals surface area contributed by atoms with E-state index in [-0.39, 0.29) is 17.9 Å². The SMILES string of the molecule is CC1C=Cc2[nH]c(C(=O)Nc3ccc(-n4ncc5cc(NC(=O)c6ccc(N7CCC(O)CC7)cc6)ccc54)cc3)cc2C1. The van der Waals surface area contributed by atoms with Crippen LogP contribution in [0.3, 0.4) is 0 Å². The van der Waals surface area contributed by atoms with Gasteiger partial charge in [0.25, 0.3) is 11.8 Å². The number of piperidine rings is 1. The first-order valence-electron chi connectivity index (χ1n) is 15.0. The number of nitrogens with one attached hydrogen (secondary N) is 3. The average Bonchev–Trinajstić information content (AvgIpc) is 3.66. The van der Waals surface area contributed by atoms with Gasteiger partial charge in [-0.05, 0) is 110 Å². The normalized spacial score (nSPS) is 16.6. The second-order valence-corrected chi connectivity index (χ2v) is 11.7. The van der Waals surface area contributed by atoms with Gasteiger partial charge in [0.15, 0.2) is 0 Å². The maximum absolute atomic E-state index is 13.0. The molecule has 0 spiro atoms. The minimum Gasteiger partial charge on any atom is -0.393 e. The van der Waals surface area contributed by atoms with Crippen LogP contribution in [0.1, 0.15) is 51.9 Å². The summed E-state index contributed by atoms with van der Waals surface area (Å²) >= 11 is 0. The molecule has 3 aromatic carbocycles. The van der Waals surface area contributed by atoms with E-state index in [9.17, 15) is 14.7 Å². The Hall–Kier alpha value is -5.15. The molecule has 1 aliphatic carbocycles. The summed E-state index contributed by atoms with van der Waals surface area (Å²) in [4.78, 5) is 31.3. The number of rotatable bonds is 6. The standard InChI is InChI=1S/C35H34N6O3/c1-22-2-12-31-24(18-22)20-32(39-31)35(44)37-26-5-10-29(11-6-26)41-33-13-7-27(19-25(33)21-36-41)38-34(43)23-3-8-28(9-4-23)40-16-14-30(42)15-17-40/h2-13,19-22,30,39,42H,14-18H2,1H3,(H,37,44)(H,38,43). The Balaban J connectivity index is 0.998. The van der Waals surface area contributed by atoms with Crippen LogP contribution in [0.15, 0.2) is 85.1 Å². The maximum atomic E-state index is 13.0. The zero-order valence-electron chi connectivity index (χ0n) is 24.5. The number of carbonyl (C=O) groups is 2. The van der Waals surface area contributed by atoms with Gasteiger partial charge in [-0.25, -0.2) is 4.68 Å². The van der Waals surface area contributed by atoms with Crippen molar-refractivity contribution in [3.8, 4) is 5.69 Å². The first-order valence-corrected chi connectivity index (χ1v) is 15.0. The third kappa shape index (κ3) is 5.61. The summed E-state index contributed by atoms with van der Waals surface area (Å²) < 4.78 is 1.83. The summed E-state index contributed by atoms with van der Waals surface area (Å²) in [5, 5.41) is 21.2. The zero-order valence-corrected chi connectivity index (χ0v) is 24.5. The molecule has 7 rings (SSSR count). The van der Waals surface area contributed by atoms with Gasteiger partial charge in [-0.1, -0.05) is 13.0 Å². The van der Waals surface area contributed by atoms with Gasteiger partial charge in [-0.15, -0.1) is 0 Å². The van der Waals surface area contributed by atoms with E-state index in [1.807, 2.05) is 83.6 Å². The number of H-pyrrole nitrogens is 1. The fourth-order valence-corrected chi connectivity index (χ4v) is 5.98. The van der Waals surface area contributed by atoms with Crippen LogP contribution in [0.5, 0.6) is 0 Å². The molecule has 44 heavy (non-hydrogen) atoms. The van der Waals surface area contributed by atoms with Gasteiger partial charge in [-0.2, -0.15) is 5.10 Å². The molecule has 1 unspecified atom stereocenters. The molecule has 2 aromatic heterocycles. The summed E-state index contributed by atoms with van der Waals surface area (Å²) in [6, 6.07) is 22.8. The van der Waals surface area contributed by atoms with Crippen molar-refractivity contribution in [2.45, 2.75) is 32.3 Å². The van der Waals surface area contributed by atoms with Gasteiger partial charge >= 0.3 is 0 Å². The van der Waals surface area contributed by atoms with Crippen LogP contribution in [0.2, 0.25) is 0 Å². The number of amides is 2. The van der Waals surface area contributed by atoms with Crippen LogP contribution in [-0.2, 0) is 6.42 Å². The van der Waals surface area contributed by atoms with Crippen LogP contribution < -0.4 is 15.5 Å². The molecule has 1 atom stereocenters. The van der Waals surface area contributed by atoms with Gasteiger partial charge in [0, 0.05) is 46.8 Å². The first-order chi connectivity index (χ1) is 21.4. The van der Waals surface area contributed by atoms with Crippen molar-refractivity contribution in [2.24, 2.45) is 5.92 Å². The summed E-state index contributed by atoms with van der Waals surface area (Å²) in [5.74, 6) is 0.113. The number of aromatic nitrogens is 3. The first kappa shape index (κ1) is 27.7. The van der Waals surface area contributed by atoms with Crippen molar-refractivity contribution in [1.82, 2.24) is 14.8 Å². The molecule has 3 heterocycles. The van der Waals surface area contributed by atoms with Crippen molar-refractivity contribution in [3.05, 3.63) is 108 Å². The van der Waals surface area contributed by atoms with Crippen molar-refractivity contribution in [1.29, 1.82) is 0 Å². The van der Waals surface area contributed by atoms with Crippen LogP contribution >= 0.6 is 0 Å². The fraction of sp³-hybridized carbons (Fsp3) is 0.229. The Bertz CT molecular complexity index is 1860. The fourth-order valence-electron chi connectivity index (χ4n) is 5.98. The number of aliphatic hydroxyl groups excluding tert-OH is 1. The Morgan fingerprint density at radius 3 is 2.36 bits per heavy atom. The molecule has 2 aliphatic rings. The number of carbonyl (C=O) groups excluding carboxylic acids is 2. The van der Waals surface area contributed by atoms with Crippen molar-refractivity contribution >= 4 is 45.9 Å². The number of benzene rings is 3. The number of nitrogens with zero attached hydrogens (tertiary/aromatic N) is 3. The molecule has 9 heteroatoms. The minimum absolute atomic E-state index is 0.175. The number of allylic oxidation sites excluding steroid dienone is 1. The van der Waals surface area contributed by atoms with Crippen LogP contribution in [0, 0.1) is 5.92 Å². The maximum Gasteiger partial charge on any atom is 0.272 e. The van der Waals surface area contributed by atoms with E-state index in [1.165, 1.54) is 5.56 Å². The number of aromatic amines is 1. The van der Waals surface area contributed by atoms with Gasteiger partial charge in [0.1, 0.15) is 5.69 Å². The predicted octanol–water partition coefficient (Wildman–Crippen LogP) is 6.02. The second kappa shape index (κ2) is 11.5. The third-order valence-corrected chi connectivity index (χ3v) is 8.47. The molecular weight excluding hydrogens is 552 g/mol. The Kier molecular flexibility index (Phi) is 7.23. The van der Waals surface area contributed by atoms with Gasteiger partial charge in [0.05, 0.1) is 23.5 Å². The molecule has 1 saturated heterocycles. The van der Waals surface area contributed by atoms with E-state index in [2.05, 4.69) is 38.6 Å². The number of hydrogen-bond donors (Lipinski definition) is 4. The number of aliphatic hydroxyl groups is 1. The summed E-state index contributed by atoms with van der Waals surface area (Å²) in [7, 11) is 0. The summed E-state index contributed by atoms with van der Waals surface area (Å²) in [6.07, 6.45) is 8.20. The quantitative estimate of drug-likeness (QED) is 0.194. The van der Waals surface area contributed by atoms with Gasteiger partial charge in [-0.3, -0.25) is 9.59 Å². The third-order valence-electron chi connectivity index (χ3n) is 8.47. The average molecular weight is 587 g/mol. The largest absolute Gasteiger partial charge is 0.393 e. The minimum atomic E-state index is -0.219. The molecule has 4 N–H and O–H groups in total. The van der Waals surface area contributed by atoms with E-state index >= 15 is 0 Å². The Morgan fingerprint density at radius 1 is 0.886 bits per heavy atom. The molecule has 0 bridgehead atoms. The molecule has 222 valence electrons. The van der Waals surface area contributed by atoms with Crippen LogP contribution in [0.4, 0.5) is 17.1 Å². The second-order valence-electron chi connectivity index (χ2n) is 11.7. The molecule has 2 amide bonds. The number of hydrogen-bond acceptors (Lipinski definition) is 5. The topological polar surface area (TPSA) is 115 Å². The monoisotopic (exact) mass is 586 g/mol. The van der Waals surface area contributed by atoms with Gasteiger partial charge in [0.2, 0.25) is 0 Å². The van der Waals surface area contributed by atoms with E-state index in [0.29, 0.717) is 28.6 Å². The van der Waals surface area contributed by atoms with Crippen molar-refractivity contribution in [2.75, 3.05) is 28.6 Å². The Morgan fingerprint density at radius 2 is 1.59 bits per heavy atom. The van der Waals surface area contributed by atoms with Crippen LogP contribution in [0.25, 0.3) is 22.7 Å². The van der Waals surface area contributed by atoms with Crippen LogP contribution in [-0.4, -0.2) is 50.9 Å². The highest BCUT2D eigenvalue weighted by molar-refractivity contribution is 6.05. The number of fused-ring (bicyclic) bond motifs is 2. The highest BCUT2D eigenvalue weighted by Gasteiger charge is 2.19. The molecule has 5 aromatic rings. The molecule has 1 aliphatic heterocycles. The smallest absolute Gasteiger partial charge is 0.272 e. The Labute approximate surface area is 255 Å². The van der Waals surface area contributed by atoms with E-state index in [4.69, 9.17) is 0 Å². The zero-order chi connectivity index (χ0) is 30.2. The van der Waals surface area contributed by atoms with E-state index < -0.39 is 0 Å². The molecule has 0 saturated carbocycles. The van der Waals surface area contributed by atoms with Crippen molar-refractivity contribution in [3.63, 3.8) is 0 Å². The molecule has 9 nitrogen and oxygen atoms in total. The lowest BCUT2D eigenvalue weighted by molar-refractivity contribution is 0.101. The lowest BCUT2D eigenvalue weighted by Crippen LogP contribution is -2.35. The number of anilines is 3. The molecule has 1 fully saturated rings. The highest BCUT2D eigenvalue weighted by Crippen LogP contribution is 2.26. The van der Waals surface area contributed by atoms with Gasteiger partial charge < -0.3 is 25.6 Å². The van der Waals surface area contributed by atoms with Crippen molar-refractivity contribution < 1.29 is 14.7 Å². The van der Waals surface area contributed by atoms with E-state index in [1.54, 1.807) is 6.20 Å². The molecular formula is C35H34N6O3. The highest BCUT2D eigenvalue weighted by atomic mass is 16.3. The summed E-state index contributed by atoms with van der Waals surface area (Å²) in [5.41, 5.74) is 7.49. The predicted molar refractivity (Wildman–Crippen MR) is 174 cm³/mol. The lowest BCUT2D eigenvalue weighted by atomic mass is 9.95. The van der Waals surface area contributed by atoms with E-state index in [0.717, 1.165) is 60.3 Å².